The molecule has 0 atom stereocenters. The molecule has 0 saturated carbocycles. The molecule has 0 amide bonds. The Balaban J connectivity index is 2.71. The molecule has 1 aromatic carbocycles. The molecule has 108 valence electrons. The minimum atomic E-state index is 0.538. The summed E-state index contributed by atoms with van der Waals surface area (Å²) in [4.78, 5) is 0. The summed E-state index contributed by atoms with van der Waals surface area (Å²) in [6.45, 7) is 1.92. The van der Waals surface area contributed by atoms with Crippen molar-refractivity contribution in [2.75, 3.05) is 27.1 Å². The van der Waals surface area contributed by atoms with Crippen LogP contribution >= 0.6 is 0 Å². The standard InChI is InChI=1S/C14H19N3O3/c1-8-11(16-17(2)14(8)15)9-6-7-10(18-3)13(20-5)12(9)19-4/h6-7H,15H2,1-5H3. The fourth-order valence-corrected chi connectivity index (χ4v) is 2.19. The van der Waals surface area contributed by atoms with Crippen LogP contribution in [0.15, 0.2) is 12.1 Å². The van der Waals surface area contributed by atoms with Gasteiger partial charge < -0.3 is 19.9 Å². The number of hydrogen-bond acceptors (Lipinski definition) is 5. The molecule has 0 aliphatic heterocycles. The molecule has 0 aliphatic carbocycles. The summed E-state index contributed by atoms with van der Waals surface area (Å²) in [5, 5.41) is 4.43. The highest BCUT2D eigenvalue weighted by Gasteiger charge is 2.21. The van der Waals surface area contributed by atoms with Crippen LogP contribution in [0.5, 0.6) is 17.2 Å². The summed E-state index contributed by atoms with van der Waals surface area (Å²) in [6, 6.07) is 3.70. The fraction of sp³-hybridized carbons (Fsp3) is 0.357. The average molecular weight is 277 g/mol. The number of nitrogens with zero attached hydrogens (tertiary/aromatic N) is 2. The Bertz CT molecular complexity index is 635. The van der Waals surface area contributed by atoms with Crippen molar-refractivity contribution in [2.24, 2.45) is 7.05 Å². The number of aryl methyl sites for hydroxylation is 1. The van der Waals surface area contributed by atoms with Gasteiger partial charge in [0.25, 0.3) is 0 Å². The molecule has 2 N–H and O–H groups in total. The van der Waals surface area contributed by atoms with Gasteiger partial charge in [-0.25, -0.2) is 0 Å². The third kappa shape index (κ3) is 2.03. The van der Waals surface area contributed by atoms with E-state index in [4.69, 9.17) is 19.9 Å². The topological polar surface area (TPSA) is 71.5 Å². The molecule has 0 spiro atoms. The van der Waals surface area contributed by atoms with Crippen LogP contribution in [0.25, 0.3) is 11.3 Å². The van der Waals surface area contributed by atoms with Crippen LogP contribution in [0.1, 0.15) is 5.56 Å². The predicted octanol–water partition coefficient (Wildman–Crippen LogP) is 2.00. The maximum absolute atomic E-state index is 5.96. The Kier molecular flexibility index (Phi) is 3.74. The number of anilines is 1. The molecule has 0 bridgehead atoms. The van der Waals surface area contributed by atoms with E-state index < -0.39 is 0 Å². The molecule has 6 nitrogen and oxygen atoms in total. The maximum atomic E-state index is 5.96. The third-order valence-corrected chi connectivity index (χ3v) is 3.30. The van der Waals surface area contributed by atoms with Crippen molar-refractivity contribution in [3.8, 4) is 28.5 Å². The van der Waals surface area contributed by atoms with Gasteiger partial charge in [-0.3, -0.25) is 4.68 Å². The molecule has 20 heavy (non-hydrogen) atoms. The van der Waals surface area contributed by atoms with Crippen molar-refractivity contribution in [3.63, 3.8) is 0 Å². The number of hydrogen-bond donors (Lipinski definition) is 1. The van der Waals surface area contributed by atoms with Gasteiger partial charge in [-0.15, -0.1) is 0 Å². The lowest BCUT2D eigenvalue weighted by atomic mass is 10.1. The zero-order valence-electron chi connectivity index (χ0n) is 12.4. The lowest BCUT2D eigenvalue weighted by Crippen LogP contribution is -1.98. The van der Waals surface area contributed by atoms with E-state index in [1.807, 2.05) is 19.1 Å². The molecule has 1 heterocycles. The van der Waals surface area contributed by atoms with E-state index in [-0.39, 0.29) is 0 Å². The van der Waals surface area contributed by atoms with Crippen molar-refractivity contribution in [1.29, 1.82) is 0 Å². The van der Waals surface area contributed by atoms with Crippen LogP contribution in [0.3, 0.4) is 0 Å². The number of nitrogens with two attached hydrogens (primary N) is 1. The van der Waals surface area contributed by atoms with Crippen molar-refractivity contribution in [1.82, 2.24) is 9.78 Å². The molecule has 0 saturated heterocycles. The Morgan fingerprint density at radius 2 is 1.70 bits per heavy atom. The van der Waals surface area contributed by atoms with Gasteiger partial charge in [0.15, 0.2) is 11.5 Å². The first-order valence-electron chi connectivity index (χ1n) is 6.13. The highest BCUT2D eigenvalue weighted by atomic mass is 16.5. The smallest absolute Gasteiger partial charge is 0.203 e. The zero-order valence-corrected chi connectivity index (χ0v) is 12.4. The van der Waals surface area contributed by atoms with Crippen molar-refractivity contribution in [3.05, 3.63) is 17.7 Å². The Morgan fingerprint density at radius 1 is 1.05 bits per heavy atom. The number of rotatable bonds is 4. The minimum absolute atomic E-state index is 0.538. The number of aromatic nitrogens is 2. The molecule has 2 aromatic rings. The Labute approximate surface area is 118 Å². The predicted molar refractivity (Wildman–Crippen MR) is 77.4 cm³/mol. The molecule has 0 unspecified atom stereocenters. The Morgan fingerprint density at radius 3 is 2.15 bits per heavy atom. The minimum Gasteiger partial charge on any atom is -0.493 e. The highest BCUT2D eigenvalue weighted by Crippen LogP contribution is 2.44. The second-order valence-corrected chi connectivity index (χ2v) is 4.36. The van der Waals surface area contributed by atoms with Crippen LogP contribution in [0.2, 0.25) is 0 Å². The van der Waals surface area contributed by atoms with Gasteiger partial charge in [0.05, 0.1) is 21.3 Å². The van der Waals surface area contributed by atoms with Gasteiger partial charge in [0, 0.05) is 18.2 Å². The van der Waals surface area contributed by atoms with Crippen LogP contribution in [0, 0.1) is 6.92 Å². The molecule has 6 heteroatoms. The van der Waals surface area contributed by atoms with Gasteiger partial charge in [-0.1, -0.05) is 0 Å². The molecular weight excluding hydrogens is 258 g/mol. The van der Waals surface area contributed by atoms with E-state index >= 15 is 0 Å². The largest absolute Gasteiger partial charge is 0.493 e. The van der Waals surface area contributed by atoms with Crippen LogP contribution in [-0.2, 0) is 7.05 Å². The quantitative estimate of drug-likeness (QED) is 0.925. The summed E-state index contributed by atoms with van der Waals surface area (Å²) in [7, 11) is 6.55. The van der Waals surface area contributed by atoms with Crippen LogP contribution in [0.4, 0.5) is 5.82 Å². The van der Waals surface area contributed by atoms with Gasteiger partial charge in [0.2, 0.25) is 5.75 Å². The number of benzene rings is 1. The molecule has 1 aromatic heterocycles. The van der Waals surface area contributed by atoms with Crippen molar-refractivity contribution in [2.45, 2.75) is 6.92 Å². The summed E-state index contributed by atoms with van der Waals surface area (Å²) in [5.74, 6) is 2.34. The lowest BCUT2D eigenvalue weighted by Gasteiger charge is -2.15. The average Bonchev–Trinajstić information content (AvgIpc) is 2.72. The van der Waals surface area contributed by atoms with E-state index in [1.54, 1.807) is 33.1 Å². The molecule has 0 fully saturated rings. The fourth-order valence-electron chi connectivity index (χ4n) is 2.19. The van der Waals surface area contributed by atoms with Crippen molar-refractivity contribution < 1.29 is 14.2 Å². The second-order valence-electron chi connectivity index (χ2n) is 4.36. The molecule has 0 radical (unpaired) electrons. The molecule has 2 rings (SSSR count). The SMILES string of the molecule is COc1ccc(-c2nn(C)c(N)c2C)c(OC)c1OC. The van der Waals surface area contributed by atoms with Gasteiger partial charge in [0.1, 0.15) is 11.5 Å². The van der Waals surface area contributed by atoms with E-state index in [9.17, 15) is 0 Å². The van der Waals surface area contributed by atoms with Crippen LogP contribution in [-0.4, -0.2) is 31.1 Å². The molecular formula is C14H19N3O3. The number of ether oxygens (including phenoxy) is 3. The zero-order chi connectivity index (χ0) is 14.9. The normalized spacial score (nSPS) is 10.4. The monoisotopic (exact) mass is 277 g/mol. The highest BCUT2D eigenvalue weighted by molar-refractivity contribution is 5.78. The van der Waals surface area contributed by atoms with Crippen molar-refractivity contribution >= 4 is 5.82 Å². The van der Waals surface area contributed by atoms with E-state index in [1.165, 1.54) is 0 Å². The van der Waals surface area contributed by atoms with Gasteiger partial charge in [-0.2, -0.15) is 5.10 Å². The van der Waals surface area contributed by atoms with Crippen LogP contribution < -0.4 is 19.9 Å². The summed E-state index contributed by atoms with van der Waals surface area (Å²) >= 11 is 0. The number of nitrogen functional groups attached to an aromatic ring is 1. The maximum Gasteiger partial charge on any atom is 0.203 e. The second kappa shape index (κ2) is 5.32. The number of methoxy groups -OCH3 is 3. The first-order valence-corrected chi connectivity index (χ1v) is 6.13. The third-order valence-electron chi connectivity index (χ3n) is 3.30. The summed E-state index contributed by atoms with van der Waals surface area (Å²) in [6.07, 6.45) is 0. The molecule has 0 aliphatic rings. The first-order chi connectivity index (χ1) is 9.54. The Hall–Kier alpha value is -2.37. The first kappa shape index (κ1) is 14.0. The van der Waals surface area contributed by atoms with E-state index in [0.29, 0.717) is 23.1 Å². The summed E-state index contributed by atoms with van der Waals surface area (Å²) in [5.41, 5.74) is 8.44. The van der Waals surface area contributed by atoms with Gasteiger partial charge in [-0.05, 0) is 19.1 Å². The lowest BCUT2D eigenvalue weighted by molar-refractivity contribution is 0.325. The summed E-state index contributed by atoms with van der Waals surface area (Å²) < 4.78 is 17.8. The van der Waals surface area contributed by atoms with Gasteiger partial charge >= 0.3 is 0 Å². The van der Waals surface area contributed by atoms with E-state index in [2.05, 4.69) is 5.10 Å². The van der Waals surface area contributed by atoms with E-state index in [0.717, 1.165) is 16.8 Å².